The number of nitrogens with zero attached hydrogens (tertiary/aromatic N) is 2. The lowest BCUT2D eigenvalue weighted by Crippen LogP contribution is -2.34. The Morgan fingerprint density at radius 2 is 1.30 bits per heavy atom. The number of hydrogen-bond acceptors (Lipinski definition) is 14. The van der Waals surface area contributed by atoms with Crippen LogP contribution in [0, 0.1) is 11.3 Å². The molecule has 0 aliphatic carbocycles. The van der Waals surface area contributed by atoms with E-state index in [1.165, 1.54) is 35.5 Å². The number of nitrogens with one attached hydrogen (secondary N) is 3. The van der Waals surface area contributed by atoms with Gasteiger partial charge in [0.1, 0.15) is 24.6 Å². The van der Waals surface area contributed by atoms with Crippen LogP contribution in [-0.4, -0.2) is 117 Å². The van der Waals surface area contributed by atoms with Crippen molar-refractivity contribution in [1.29, 1.82) is 0 Å². The van der Waals surface area contributed by atoms with E-state index in [1.54, 1.807) is 0 Å². The zero-order chi connectivity index (χ0) is 45.9. The first-order valence-corrected chi connectivity index (χ1v) is 22.3. The average molecular weight is 898 g/mol. The first-order valence-electron chi connectivity index (χ1n) is 21.5. The van der Waals surface area contributed by atoms with Crippen LogP contribution in [0.1, 0.15) is 88.7 Å². The van der Waals surface area contributed by atoms with Crippen LogP contribution in [0.5, 0.6) is 5.75 Å². The Bertz CT molecular complexity index is 1790. The fraction of sp³-hybridized carbons (Fsp3) is 0.565. The Balaban J connectivity index is 1.20. The molecule has 0 spiro atoms. The molecule has 0 saturated carbocycles. The predicted molar refractivity (Wildman–Crippen MR) is 241 cm³/mol. The molecule has 0 bridgehead atoms. The summed E-state index contributed by atoms with van der Waals surface area (Å²) in [6.07, 6.45) is 8.89. The SMILES string of the molecule is CC(CCCCc1ccc(CCOc2ccc(SNc3ncc(C(=O)NCCOCCOCC(=O)NCCOCCOCC(=O)O)cn3)cc2)cc1)CC(C)(C)C(=O)OC(C)(C)C. The molecule has 4 N–H and O–H groups in total. The Hall–Kier alpha value is -4.81. The fourth-order valence-corrected chi connectivity index (χ4v) is 6.66. The van der Waals surface area contributed by atoms with Gasteiger partial charge in [0.05, 0.1) is 57.2 Å². The molecule has 1 heterocycles. The largest absolute Gasteiger partial charge is 0.493 e. The number of aliphatic carboxylic acids is 1. The topological polar surface area (TPSA) is 206 Å². The van der Waals surface area contributed by atoms with Gasteiger partial charge in [-0.05, 0) is 107 Å². The van der Waals surface area contributed by atoms with Crippen LogP contribution < -0.4 is 20.1 Å². The Labute approximate surface area is 376 Å². The molecule has 1 aromatic heterocycles. The van der Waals surface area contributed by atoms with E-state index in [4.69, 9.17) is 33.5 Å². The smallest absolute Gasteiger partial charge is 0.329 e. The zero-order valence-electron chi connectivity index (χ0n) is 37.7. The van der Waals surface area contributed by atoms with Crippen molar-refractivity contribution in [3.05, 3.63) is 77.6 Å². The van der Waals surface area contributed by atoms with Crippen LogP contribution in [0.15, 0.2) is 65.8 Å². The lowest BCUT2D eigenvalue weighted by atomic mass is 9.81. The molecular weight excluding hydrogens is 831 g/mol. The third kappa shape index (κ3) is 24.0. The molecule has 63 heavy (non-hydrogen) atoms. The van der Waals surface area contributed by atoms with Crippen molar-refractivity contribution in [2.45, 2.75) is 90.6 Å². The van der Waals surface area contributed by atoms with Crippen molar-refractivity contribution in [2.24, 2.45) is 11.3 Å². The highest BCUT2D eigenvalue weighted by atomic mass is 32.2. The number of carboxylic acid groups (broad SMARTS) is 1. The molecule has 1 atom stereocenters. The maximum Gasteiger partial charge on any atom is 0.329 e. The number of benzene rings is 2. The number of carbonyl (C=O) groups is 4. The number of esters is 1. The number of ether oxygens (including phenoxy) is 6. The average Bonchev–Trinajstić information content (AvgIpc) is 3.23. The Morgan fingerprint density at radius 3 is 1.92 bits per heavy atom. The van der Waals surface area contributed by atoms with Crippen LogP contribution in [0.25, 0.3) is 0 Å². The van der Waals surface area contributed by atoms with Crippen molar-refractivity contribution >= 4 is 41.6 Å². The Kier molecular flexibility index (Phi) is 24.0. The lowest BCUT2D eigenvalue weighted by Gasteiger charge is -2.30. The van der Waals surface area contributed by atoms with Crippen molar-refractivity contribution in [1.82, 2.24) is 20.6 Å². The van der Waals surface area contributed by atoms with E-state index in [1.807, 2.05) is 58.9 Å². The first kappa shape index (κ1) is 52.5. The highest BCUT2D eigenvalue weighted by Gasteiger charge is 2.33. The number of carboxylic acids is 1. The van der Waals surface area contributed by atoms with Gasteiger partial charge in [-0.15, -0.1) is 0 Å². The number of carbonyl (C=O) groups excluding carboxylic acids is 3. The van der Waals surface area contributed by atoms with E-state index in [2.05, 4.69) is 56.5 Å². The third-order valence-electron chi connectivity index (χ3n) is 9.21. The number of rotatable bonds is 32. The van der Waals surface area contributed by atoms with E-state index in [0.29, 0.717) is 24.0 Å². The first-order chi connectivity index (χ1) is 30.1. The number of hydrogen-bond donors (Lipinski definition) is 4. The van der Waals surface area contributed by atoms with E-state index >= 15 is 0 Å². The normalized spacial score (nSPS) is 12.0. The lowest BCUT2D eigenvalue weighted by molar-refractivity contribution is -0.166. The highest BCUT2D eigenvalue weighted by Crippen LogP contribution is 2.31. The molecule has 0 aliphatic heterocycles. The number of aryl methyl sites for hydroxylation is 1. The number of anilines is 1. The summed E-state index contributed by atoms with van der Waals surface area (Å²) in [6.45, 7) is 13.9. The van der Waals surface area contributed by atoms with Crippen molar-refractivity contribution < 1.29 is 52.7 Å². The molecular formula is C46H67N5O11S. The van der Waals surface area contributed by atoms with Gasteiger partial charge >= 0.3 is 11.9 Å². The maximum atomic E-state index is 12.6. The van der Waals surface area contributed by atoms with Crippen LogP contribution in [0.2, 0.25) is 0 Å². The minimum Gasteiger partial charge on any atom is -0.493 e. The number of aromatic nitrogens is 2. The van der Waals surface area contributed by atoms with Crippen molar-refractivity contribution in [2.75, 3.05) is 77.3 Å². The van der Waals surface area contributed by atoms with Gasteiger partial charge in [-0.1, -0.05) is 44.0 Å². The summed E-state index contributed by atoms with van der Waals surface area (Å²) in [5.74, 6) is -0.203. The summed E-state index contributed by atoms with van der Waals surface area (Å²) in [6, 6.07) is 16.5. The molecule has 0 fully saturated rings. The molecule has 17 heteroatoms. The van der Waals surface area contributed by atoms with E-state index in [9.17, 15) is 19.2 Å². The van der Waals surface area contributed by atoms with Crippen LogP contribution >= 0.6 is 11.9 Å². The van der Waals surface area contributed by atoms with Crippen molar-refractivity contribution in [3.63, 3.8) is 0 Å². The fourth-order valence-electron chi connectivity index (χ4n) is 6.08. The van der Waals surface area contributed by atoms with Gasteiger partial charge < -0.3 is 44.2 Å². The standard InChI is InChI=1S/C46H67N5O11S/c1-34(29-46(5,6)43(56)62-45(2,3)4)9-7-8-10-35-11-13-36(14-12-35)19-22-61-38-15-17-39(18-16-38)63-51-44-49-30-37(31-50-44)42(55)48-21-24-58-25-27-59-32-40(52)47-20-23-57-26-28-60-33-41(53)54/h11-18,30-31,34H,7-10,19-29,32-33H2,1-6H3,(H,47,52)(H,48,55)(H,53,54)(H,49,50,51). The summed E-state index contributed by atoms with van der Waals surface area (Å²) in [4.78, 5) is 56.6. The van der Waals surface area contributed by atoms with Crippen LogP contribution in [0.4, 0.5) is 5.95 Å². The summed E-state index contributed by atoms with van der Waals surface area (Å²) < 4.78 is 35.5. The zero-order valence-corrected chi connectivity index (χ0v) is 38.5. The molecule has 3 rings (SSSR count). The summed E-state index contributed by atoms with van der Waals surface area (Å²) in [5.41, 5.74) is 1.92. The molecule has 1 unspecified atom stereocenters. The molecule has 3 aromatic rings. The van der Waals surface area contributed by atoms with Gasteiger partial charge in [0, 0.05) is 36.8 Å². The quantitative estimate of drug-likeness (QED) is 0.0307. The second-order valence-corrected chi connectivity index (χ2v) is 17.5. The Morgan fingerprint density at radius 1 is 0.714 bits per heavy atom. The third-order valence-corrected chi connectivity index (χ3v) is 10.00. The second-order valence-electron chi connectivity index (χ2n) is 16.7. The highest BCUT2D eigenvalue weighted by molar-refractivity contribution is 8.00. The van der Waals surface area contributed by atoms with Gasteiger partial charge in [0.25, 0.3) is 5.91 Å². The number of amides is 2. The second kappa shape index (κ2) is 28.8. The van der Waals surface area contributed by atoms with E-state index in [0.717, 1.165) is 49.2 Å². The molecule has 16 nitrogen and oxygen atoms in total. The van der Waals surface area contributed by atoms with Gasteiger partial charge in [0.15, 0.2) is 0 Å². The van der Waals surface area contributed by atoms with Gasteiger partial charge in [-0.25, -0.2) is 14.8 Å². The molecule has 0 radical (unpaired) electrons. The minimum absolute atomic E-state index is 0.122. The summed E-state index contributed by atoms with van der Waals surface area (Å²) in [7, 11) is 0. The molecule has 0 aliphatic rings. The summed E-state index contributed by atoms with van der Waals surface area (Å²) in [5, 5.41) is 13.9. The van der Waals surface area contributed by atoms with Gasteiger partial charge in [-0.3, -0.25) is 19.1 Å². The van der Waals surface area contributed by atoms with Gasteiger partial charge in [0.2, 0.25) is 11.9 Å². The van der Waals surface area contributed by atoms with Crippen LogP contribution in [-0.2, 0) is 50.9 Å². The monoisotopic (exact) mass is 897 g/mol. The van der Waals surface area contributed by atoms with Crippen molar-refractivity contribution in [3.8, 4) is 5.75 Å². The van der Waals surface area contributed by atoms with Gasteiger partial charge in [-0.2, -0.15) is 0 Å². The molecule has 0 saturated heterocycles. The van der Waals surface area contributed by atoms with Crippen LogP contribution in [0.3, 0.4) is 0 Å². The minimum atomic E-state index is -1.04. The predicted octanol–water partition coefficient (Wildman–Crippen LogP) is 6.32. The summed E-state index contributed by atoms with van der Waals surface area (Å²) >= 11 is 1.35. The maximum absolute atomic E-state index is 12.6. The van der Waals surface area contributed by atoms with E-state index in [-0.39, 0.29) is 83.7 Å². The molecule has 2 amide bonds. The number of unbranched alkanes of at least 4 members (excludes halogenated alkanes) is 1. The van der Waals surface area contributed by atoms with E-state index < -0.39 is 17.0 Å². The molecule has 2 aromatic carbocycles. The molecule has 348 valence electrons.